The number of rotatable bonds is 3. The number of piperidine rings is 1. The number of alkyl halides is 3. The lowest BCUT2D eigenvalue weighted by atomic mass is 10.0. The van der Waals surface area contributed by atoms with Gasteiger partial charge in [0.15, 0.2) is 0 Å². The van der Waals surface area contributed by atoms with Gasteiger partial charge < -0.3 is 5.32 Å². The molecule has 0 aromatic heterocycles. The second-order valence-electron chi connectivity index (χ2n) is 4.93. The molecule has 1 aromatic rings. The Morgan fingerprint density at radius 1 is 1.25 bits per heavy atom. The van der Waals surface area contributed by atoms with Crippen LogP contribution in [-0.4, -0.2) is 36.8 Å². The average molecular weight is 311 g/mol. The summed E-state index contributed by atoms with van der Waals surface area (Å²) in [5, 5.41) is 3.43. The van der Waals surface area contributed by atoms with Crippen molar-refractivity contribution in [1.82, 2.24) is 4.90 Å². The summed E-state index contributed by atoms with van der Waals surface area (Å²) < 4.78 is 49.7. The smallest absolute Gasteiger partial charge is 0.381 e. The Hall–Kier alpha value is -1.01. The molecule has 0 amide bonds. The van der Waals surface area contributed by atoms with Crippen LogP contribution in [0, 0.1) is 5.82 Å². The standard InChI is InChI=1S/C13H15ClF4N2/c14-11-7-9(15)1-2-12(11)19-10-3-5-20(6-4-10)8-13(16,17)18/h1-2,7,10,19H,3-6,8H2. The number of nitrogens with one attached hydrogen (secondary N) is 1. The fourth-order valence-electron chi connectivity index (χ4n) is 2.32. The van der Waals surface area contributed by atoms with Gasteiger partial charge in [-0.3, -0.25) is 4.90 Å². The minimum absolute atomic E-state index is 0.0578. The summed E-state index contributed by atoms with van der Waals surface area (Å²) in [5.74, 6) is -0.416. The maximum Gasteiger partial charge on any atom is 0.401 e. The molecule has 0 atom stereocenters. The molecule has 0 radical (unpaired) electrons. The Bertz CT molecular complexity index is 456. The summed E-state index contributed by atoms with van der Waals surface area (Å²) in [5.41, 5.74) is 0.613. The number of anilines is 1. The Kier molecular flexibility index (Phi) is 4.75. The molecule has 1 fully saturated rings. The molecule has 0 saturated carbocycles. The van der Waals surface area contributed by atoms with Crippen molar-refractivity contribution in [2.45, 2.75) is 25.1 Å². The van der Waals surface area contributed by atoms with Crippen molar-refractivity contribution >= 4 is 17.3 Å². The van der Waals surface area contributed by atoms with E-state index in [-0.39, 0.29) is 11.1 Å². The quantitative estimate of drug-likeness (QED) is 0.851. The van der Waals surface area contributed by atoms with E-state index in [1.807, 2.05) is 0 Å². The molecule has 1 heterocycles. The van der Waals surface area contributed by atoms with Crippen LogP contribution in [0.2, 0.25) is 5.02 Å². The van der Waals surface area contributed by atoms with Crippen LogP contribution in [0.25, 0.3) is 0 Å². The molecular formula is C13H15ClF4N2. The molecule has 2 nitrogen and oxygen atoms in total. The molecule has 1 N–H and O–H groups in total. The lowest BCUT2D eigenvalue weighted by Gasteiger charge is -2.33. The highest BCUT2D eigenvalue weighted by molar-refractivity contribution is 6.33. The summed E-state index contributed by atoms with van der Waals surface area (Å²) in [7, 11) is 0. The number of hydrogen-bond donors (Lipinski definition) is 1. The molecule has 2 rings (SSSR count). The largest absolute Gasteiger partial charge is 0.401 e. The van der Waals surface area contributed by atoms with Crippen LogP contribution in [0.4, 0.5) is 23.2 Å². The SMILES string of the molecule is Fc1ccc(NC2CCN(CC(F)(F)F)CC2)c(Cl)c1. The molecule has 1 aliphatic rings. The van der Waals surface area contributed by atoms with E-state index in [0.29, 0.717) is 31.6 Å². The van der Waals surface area contributed by atoms with E-state index in [9.17, 15) is 17.6 Å². The van der Waals surface area contributed by atoms with Gasteiger partial charge in [-0.15, -0.1) is 0 Å². The fourth-order valence-corrected chi connectivity index (χ4v) is 2.54. The summed E-state index contributed by atoms with van der Waals surface area (Å²) in [6, 6.07) is 4.11. The lowest BCUT2D eigenvalue weighted by Crippen LogP contribution is -2.43. The predicted octanol–water partition coefficient (Wildman–Crippen LogP) is 3.92. The van der Waals surface area contributed by atoms with Gasteiger partial charge in [-0.25, -0.2) is 4.39 Å². The fraction of sp³-hybridized carbons (Fsp3) is 0.538. The molecule has 112 valence electrons. The van der Waals surface area contributed by atoms with Crippen LogP contribution < -0.4 is 5.32 Å². The normalized spacial score (nSPS) is 18.2. The zero-order valence-corrected chi connectivity index (χ0v) is 11.4. The first-order chi connectivity index (χ1) is 9.33. The lowest BCUT2D eigenvalue weighted by molar-refractivity contribution is -0.147. The second kappa shape index (κ2) is 6.18. The van der Waals surface area contributed by atoms with Crippen LogP contribution in [0.3, 0.4) is 0 Å². The van der Waals surface area contributed by atoms with Gasteiger partial charge in [0.05, 0.1) is 17.3 Å². The summed E-state index contributed by atoms with van der Waals surface area (Å²) in [6.07, 6.45) is -2.95. The summed E-state index contributed by atoms with van der Waals surface area (Å²) >= 11 is 5.90. The van der Waals surface area contributed by atoms with Gasteiger partial charge in [0, 0.05) is 19.1 Å². The summed E-state index contributed by atoms with van der Waals surface area (Å²) in [6.45, 7) is -0.0942. The topological polar surface area (TPSA) is 15.3 Å². The van der Waals surface area contributed by atoms with Crippen LogP contribution in [0.15, 0.2) is 18.2 Å². The zero-order chi connectivity index (χ0) is 14.8. The van der Waals surface area contributed by atoms with E-state index < -0.39 is 18.5 Å². The van der Waals surface area contributed by atoms with Crippen molar-refractivity contribution < 1.29 is 17.6 Å². The highest BCUT2D eigenvalue weighted by atomic mass is 35.5. The molecule has 1 saturated heterocycles. The van der Waals surface area contributed by atoms with Crippen LogP contribution >= 0.6 is 11.6 Å². The van der Waals surface area contributed by atoms with Crippen molar-refractivity contribution in [2.24, 2.45) is 0 Å². The van der Waals surface area contributed by atoms with Gasteiger partial charge >= 0.3 is 6.18 Å². The molecule has 20 heavy (non-hydrogen) atoms. The van der Waals surface area contributed by atoms with Crippen molar-refractivity contribution in [1.29, 1.82) is 0 Å². The third kappa shape index (κ3) is 4.52. The van der Waals surface area contributed by atoms with Crippen LogP contribution in [0.5, 0.6) is 0 Å². The van der Waals surface area contributed by atoms with Gasteiger partial charge in [-0.05, 0) is 31.0 Å². The highest BCUT2D eigenvalue weighted by Crippen LogP contribution is 2.26. The monoisotopic (exact) mass is 310 g/mol. The zero-order valence-electron chi connectivity index (χ0n) is 10.7. The van der Waals surface area contributed by atoms with E-state index in [0.717, 1.165) is 0 Å². The number of hydrogen-bond acceptors (Lipinski definition) is 2. The Morgan fingerprint density at radius 2 is 1.90 bits per heavy atom. The first kappa shape index (κ1) is 15.4. The maximum absolute atomic E-state index is 12.9. The molecule has 0 unspecified atom stereocenters. The first-order valence-corrected chi connectivity index (χ1v) is 6.72. The molecule has 0 aliphatic carbocycles. The Labute approximate surface area is 119 Å². The maximum atomic E-state index is 12.9. The predicted molar refractivity (Wildman–Crippen MR) is 70.5 cm³/mol. The van der Waals surface area contributed by atoms with Crippen LogP contribution in [-0.2, 0) is 0 Å². The van der Waals surface area contributed by atoms with Crippen molar-refractivity contribution in [3.63, 3.8) is 0 Å². The average Bonchev–Trinajstić information content (AvgIpc) is 2.33. The van der Waals surface area contributed by atoms with Crippen LogP contribution in [0.1, 0.15) is 12.8 Å². The van der Waals surface area contributed by atoms with Gasteiger partial charge in [0.2, 0.25) is 0 Å². The number of likely N-dealkylation sites (tertiary alicyclic amines) is 1. The minimum atomic E-state index is -4.15. The van der Waals surface area contributed by atoms with E-state index in [1.54, 1.807) is 6.07 Å². The van der Waals surface area contributed by atoms with Gasteiger partial charge in [-0.2, -0.15) is 13.2 Å². The minimum Gasteiger partial charge on any atom is -0.381 e. The number of nitrogens with zero attached hydrogens (tertiary/aromatic N) is 1. The molecule has 1 aliphatic heterocycles. The van der Waals surface area contributed by atoms with E-state index >= 15 is 0 Å². The van der Waals surface area contributed by atoms with Crippen molar-refractivity contribution in [2.75, 3.05) is 25.0 Å². The van der Waals surface area contributed by atoms with Gasteiger partial charge in [-0.1, -0.05) is 11.6 Å². The molecule has 0 bridgehead atoms. The number of halogens is 5. The van der Waals surface area contributed by atoms with Gasteiger partial charge in [0.25, 0.3) is 0 Å². The van der Waals surface area contributed by atoms with Gasteiger partial charge in [0.1, 0.15) is 5.82 Å². The number of benzene rings is 1. The molecule has 0 spiro atoms. The Morgan fingerprint density at radius 3 is 2.45 bits per heavy atom. The van der Waals surface area contributed by atoms with E-state index in [1.165, 1.54) is 17.0 Å². The molecule has 7 heteroatoms. The Balaban J connectivity index is 1.85. The van der Waals surface area contributed by atoms with E-state index in [4.69, 9.17) is 11.6 Å². The highest BCUT2D eigenvalue weighted by Gasteiger charge is 2.32. The summed E-state index contributed by atoms with van der Waals surface area (Å²) in [4.78, 5) is 1.39. The van der Waals surface area contributed by atoms with E-state index in [2.05, 4.69) is 5.32 Å². The second-order valence-corrected chi connectivity index (χ2v) is 5.34. The third-order valence-electron chi connectivity index (χ3n) is 3.28. The molecular weight excluding hydrogens is 296 g/mol. The molecule has 1 aromatic carbocycles. The third-order valence-corrected chi connectivity index (χ3v) is 3.59. The first-order valence-electron chi connectivity index (χ1n) is 6.34. The van der Waals surface area contributed by atoms with Crippen molar-refractivity contribution in [3.8, 4) is 0 Å². The van der Waals surface area contributed by atoms with Crippen molar-refractivity contribution in [3.05, 3.63) is 29.0 Å².